The Labute approximate surface area is 441 Å². The third-order valence-corrected chi connectivity index (χ3v) is 13.3. The molecule has 9 rings (SSSR count). The number of amides is 5. The number of anilines is 2. The number of nitrogens with one attached hydrogen (secondary N) is 5. The quantitative estimate of drug-likeness (QED) is 0.0968. The van der Waals surface area contributed by atoms with Crippen molar-refractivity contribution in [3.05, 3.63) is 127 Å². The Morgan fingerprint density at radius 2 is 1.15 bits per heavy atom. The Balaban J connectivity index is 0.000000220. The number of nitrogens with zero attached hydrogens (tertiary/aromatic N) is 1. The highest BCUT2D eigenvalue weighted by molar-refractivity contribution is 6.31. The molecular weight excluding hydrogens is 1070 g/mol. The Morgan fingerprint density at radius 3 is 1.56 bits per heavy atom. The SMILES string of the molecule is C1CCOC1.CC(=O)N1CC(F)(F)CC1COC(=O)N[C@H]1CCc2c(C(=O)Nc3ccc(F)c(Cl)c3)ccc(F)c21.Cl.O=C(N[C@H]1CCc2c(C(=O)Nc3ccc(F)c(Cl)c3)ccc(F)c21)OCC1CC(F)(F)CN1. The van der Waals surface area contributed by atoms with Gasteiger partial charge in [-0.1, -0.05) is 23.2 Å². The molecule has 0 bridgehead atoms. The Kier molecular flexibility index (Phi) is 19.6. The van der Waals surface area contributed by atoms with Crippen LogP contribution in [-0.4, -0.2) is 98.3 Å². The van der Waals surface area contributed by atoms with Crippen LogP contribution in [0.4, 0.5) is 56.1 Å². The molecule has 5 amide bonds. The molecular formula is C50H51Cl3F8N6O8. The van der Waals surface area contributed by atoms with Crippen molar-refractivity contribution < 1.29 is 73.3 Å². The first-order valence-electron chi connectivity index (χ1n) is 23.4. The van der Waals surface area contributed by atoms with Crippen LogP contribution < -0.4 is 26.6 Å². The number of carbonyl (C=O) groups is 5. The fraction of sp³-hybridized carbons (Fsp3) is 0.420. The minimum absolute atomic E-state index is 0. The number of alkyl carbamates (subject to hydrolysis) is 2. The summed E-state index contributed by atoms with van der Waals surface area (Å²) in [5.74, 6) is -10.1. The Bertz CT molecular complexity index is 2770. The van der Waals surface area contributed by atoms with Gasteiger partial charge in [-0.3, -0.25) is 14.4 Å². The molecule has 2 unspecified atom stereocenters. The lowest BCUT2D eigenvalue weighted by Gasteiger charge is -2.22. The predicted molar refractivity (Wildman–Crippen MR) is 262 cm³/mol. The average molecular weight is 1120 g/mol. The summed E-state index contributed by atoms with van der Waals surface area (Å²) in [6.07, 6.45) is 0.876. The van der Waals surface area contributed by atoms with Gasteiger partial charge in [0.25, 0.3) is 23.7 Å². The van der Waals surface area contributed by atoms with Gasteiger partial charge in [0.05, 0.1) is 41.3 Å². The number of halogens is 11. The summed E-state index contributed by atoms with van der Waals surface area (Å²) >= 11 is 11.5. The van der Waals surface area contributed by atoms with Gasteiger partial charge in [-0.05, 0) is 110 Å². The third-order valence-electron chi connectivity index (χ3n) is 12.7. The number of carbonyl (C=O) groups excluding carboxylic acids is 5. The molecule has 406 valence electrons. The molecule has 2 aliphatic carbocycles. The highest BCUT2D eigenvalue weighted by Gasteiger charge is 2.47. The van der Waals surface area contributed by atoms with Gasteiger partial charge in [0.15, 0.2) is 0 Å². The number of benzene rings is 4. The predicted octanol–water partition coefficient (Wildman–Crippen LogP) is 10.6. The van der Waals surface area contributed by atoms with Gasteiger partial charge in [0.2, 0.25) is 5.91 Å². The van der Waals surface area contributed by atoms with E-state index >= 15 is 0 Å². The molecule has 3 fully saturated rings. The summed E-state index contributed by atoms with van der Waals surface area (Å²) in [6.45, 7) is 1.26. The summed E-state index contributed by atoms with van der Waals surface area (Å²) in [5, 5.41) is 12.5. The lowest BCUT2D eigenvalue weighted by atomic mass is 10.0. The second-order valence-corrected chi connectivity index (χ2v) is 18.9. The highest BCUT2D eigenvalue weighted by atomic mass is 35.5. The molecule has 3 heterocycles. The van der Waals surface area contributed by atoms with Gasteiger partial charge < -0.3 is 45.7 Å². The number of rotatable bonds is 10. The molecule has 4 aromatic rings. The summed E-state index contributed by atoms with van der Waals surface area (Å²) < 4.78 is 125. The minimum atomic E-state index is -3.07. The van der Waals surface area contributed by atoms with Gasteiger partial charge in [0, 0.05) is 72.6 Å². The van der Waals surface area contributed by atoms with Crippen molar-refractivity contribution in [1.82, 2.24) is 20.9 Å². The van der Waals surface area contributed by atoms with Crippen LogP contribution in [0.3, 0.4) is 0 Å². The first-order valence-corrected chi connectivity index (χ1v) is 24.2. The fourth-order valence-corrected chi connectivity index (χ4v) is 9.61. The largest absolute Gasteiger partial charge is 0.448 e. The van der Waals surface area contributed by atoms with E-state index in [9.17, 15) is 59.1 Å². The van der Waals surface area contributed by atoms with E-state index in [0.29, 0.717) is 24.0 Å². The maximum absolute atomic E-state index is 14.7. The summed E-state index contributed by atoms with van der Waals surface area (Å²) in [5.41, 5.74) is 2.02. The summed E-state index contributed by atoms with van der Waals surface area (Å²) in [4.78, 5) is 62.7. The van der Waals surface area contributed by atoms with E-state index in [2.05, 4.69) is 26.6 Å². The van der Waals surface area contributed by atoms with Crippen LogP contribution in [0.1, 0.15) is 101 Å². The van der Waals surface area contributed by atoms with Crippen LogP contribution in [0.5, 0.6) is 0 Å². The molecule has 4 atom stereocenters. The molecule has 0 aromatic heterocycles. The van der Waals surface area contributed by atoms with E-state index < -0.39 is 122 Å². The van der Waals surface area contributed by atoms with Gasteiger partial charge in [0.1, 0.15) is 36.5 Å². The van der Waals surface area contributed by atoms with Crippen molar-refractivity contribution in [2.45, 2.75) is 94.3 Å². The van der Waals surface area contributed by atoms with Crippen molar-refractivity contribution >= 4 is 76.9 Å². The number of fused-ring (bicyclic) bond motifs is 2. The lowest BCUT2D eigenvalue weighted by Crippen LogP contribution is -2.39. The van der Waals surface area contributed by atoms with Gasteiger partial charge in [-0.15, -0.1) is 12.4 Å². The molecule has 3 saturated heterocycles. The van der Waals surface area contributed by atoms with E-state index in [0.717, 1.165) is 49.3 Å². The lowest BCUT2D eigenvalue weighted by molar-refractivity contribution is -0.131. The highest BCUT2D eigenvalue weighted by Crippen LogP contribution is 2.38. The number of hydrogen-bond donors (Lipinski definition) is 5. The molecule has 0 saturated carbocycles. The maximum atomic E-state index is 14.7. The zero-order valence-corrected chi connectivity index (χ0v) is 42.2. The van der Waals surface area contributed by atoms with Crippen LogP contribution in [0.25, 0.3) is 0 Å². The normalized spacial score (nSPS) is 20.4. The van der Waals surface area contributed by atoms with Crippen molar-refractivity contribution in [1.29, 1.82) is 0 Å². The third kappa shape index (κ3) is 15.1. The first kappa shape index (κ1) is 58.3. The standard InChI is InChI=1S/C24H22ClF4N3O4.C22H20ClF4N3O3.C4H8O.ClH/c1-12(33)32-11-24(28,29)9-14(32)10-36-23(35)31-20-7-4-15-16(3-6-19(27)21(15)20)22(34)30-13-2-5-18(26)17(25)8-13;23-15-7-11(1-4-16(15)24)29-20(31)14-2-5-17(25)19-13(14)3-6-18(19)30-21(32)33-9-12-8-22(26,27)10-28-12;1-2-4-5-3-1;/h2-3,5-6,8,14,20H,4,7,9-11H2,1H3,(H,30,34)(H,31,35);1-2,4-5,7,12,18,28H,3,6,8-10H2,(H,29,31)(H,30,32);1-4H2;1H/t14?,20-;12?,18-;;/m00../s1. The van der Waals surface area contributed by atoms with Crippen LogP contribution >= 0.6 is 35.6 Å². The van der Waals surface area contributed by atoms with E-state index in [1.165, 1.54) is 49.2 Å². The molecule has 75 heavy (non-hydrogen) atoms. The van der Waals surface area contributed by atoms with Crippen LogP contribution in [-0.2, 0) is 31.8 Å². The van der Waals surface area contributed by atoms with Crippen LogP contribution in [0.2, 0.25) is 10.0 Å². The number of alkyl halides is 4. The summed E-state index contributed by atoms with van der Waals surface area (Å²) in [6, 6.07) is 9.08. The maximum Gasteiger partial charge on any atom is 0.407 e. The van der Waals surface area contributed by atoms with Crippen LogP contribution in [0, 0.1) is 23.3 Å². The molecule has 4 aromatic carbocycles. The van der Waals surface area contributed by atoms with Gasteiger partial charge in [-0.25, -0.2) is 44.7 Å². The van der Waals surface area contributed by atoms with Crippen LogP contribution in [0.15, 0.2) is 60.7 Å². The fourth-order valence-electron chi connectivity index (χ4n) is 9.25. The Hall–Kier alpha value is -5.94. The summed E-state index contributed by atoms with van der Waals surface area (Å²) in [7, 11) is 0. The topological polar surface area (TPSA) is 176 Å². The molecule has 3 aliphatic heterocycles. The average Bonchev–Trinajstić information content (AvgIpc) is 4.21. The van der Waals surface area contributed by atoms with Crippen molar-refractivity contribution in [3.63, 3.8) is 0 Å². The van der Waals surface area contributed by atoms with E-state index in [4.69, 9.17) is 37.4 Å². The molecule has 5 N–H and O–H groups in total. The van der Waals surface area contributed by atoms with E-state index in [-0.39, 0.29) is 75.5 Å². The second kappa shape index (κ2) is 25.3. The van der Waals surface area contributed by atoms with Crippen molar-refractivity contribution in [3.8, 4) is 0 Å². The van der Waals surface area contributed by atoms with E-state index in [1.807, 2.05) is 0 Å². The number of likely N-dealkylation sites (tertiary alicyclic amines) is 1. The first-order chi connectivity index (χ1) is 35.1. The Morgan fingerprint density at radius 1 is 0.680 bits per heavy atom. The van der Waals surface area contributed by atoms with Crippen molar-refractivity contribution in [2.75, 3.05) is 50.2 Å². The zero-order valence-electron chi connectivity index (χ0n) is 39.9. The minimum Gasteiger partial charge on any atom is -0.448 e. The van der Waals surface area contributed by atoms with Gasteiger partial charge >= 0.3 is 12.2 Å². The van der Waals surface area contributed by atoms with E-state index in [1.54, 1.807) is 0 Å². The molecule has 0 radical (unpaired) electrons. The second-order valence-electron chi connectivity index (χ2n) is 18.1. The molecule has 25 heteroatoms. The number of hydrogen-bond acceptors (Lipinski definition) is 9. The molecule has 5 aliphatic rings. The molecule has 14 nitrogen and oxygen atoms in total. The molecule has 0 spiro atoms. The van der Waals surface area contributed by atoms with Gasteiger partial charge in [-0.2, -0.15) is 0 Å². The smallest absolute Gasteiger partial charge is 0.407 e. The van der Waals surface area contributed by atoms with Crippen molar-refractivity contribution in [2.24, 2.45) is 0 Å². The monoisotopic (exact) mass is 1120 g/mol. The zero-order chi connectivity index (χ0) is 53.5. The number of ether oxygens (including phenoxy) is 3.